The zero-order chi connectivity index (χ0) is 28.2. The molecule has 1 fully saturated rings. The van der Waals surface area contributed by atoms with Crippen LogP contribution < -0.4 is 19.1 Å². The van der Waals surface area contributed by atoms with Crippen molar-refractivity contribution in [3.05, 3.63) is 76.6 Å². The number of methoxy groups -OCH3 is 2. The minimum atomic E-state index is -0.313. The van der Waals surface area contributed by atoms with Gasteiger partial charge < -0.3 is 29.1 Å². The van der Waals surface area contributed by atoms with Gasteiger partial charge in [-0.15, -0.1) is 0 Å². The highest BCUT2D eigenvalue weighted by Gasteiger charge is 2.27. The van der Waals surface area contributed by atoms with E-state index in [1.54, 1.807) is 32.4 Å². The Kier molecular flexibility index (Phi) is 8.69. The number of phenolic OH excluding ortho intramolecular Hbond substituents is 1. The van der Waals surface area contributed by atoms with Crippen LogP contribution in [0.1, 0.15) is 54.4 Å². The normalized spacial score (nSPS) is 17.8. The monoisotopic (exact) mass is 548 g/mol. The van der Waals surface area contributed by atoms with Crippen molar-refractivity contribution in [3.8, 4) is 23.0 Å². The summed E-state index contributed by atoms with van der Waals surface area (Å²) in [5, 5.41) is 9.94. The molecule has 0 saturated carbocycles. The highest BCUT2D eigenvalue weighted by atomic mass is 19.1. The smallest absolute Gasteiger partial charge is 0.165 e. The molecule has 40 heavy (non-hydrogen) atoms. The number of benzene rings is 3. The van der Waals surface area contributed by atoms with Crippen molar-refractivity contribution in [2.45, 2.75) is 57.6 Å². The van der Waals surface area contributed by atoms with E-state index in [0.717, 1.165) is 63.0 Å². The molecule has 0 bridgehead atoms. The lowest BCUT2D eigenvalue weighted by Gasteiger charge is -2.32. The van der Waals surface area contributed by atoms with Crippen LogP contribution in [-0.4, -0.2) is 57.0 Å². The van der Waals surface area contributed by atoms with Crippen molar-refractivity contribution in [3.63, 3.8) is 0 Å². The molecule has 1 saturated heterocycles. The highest BCUT2D eigenvalue weighted by Crippen LogP contribution is 2.43. The summed E-state index contributed by atoms with van der Waals surface area (Å²) < 4.78 is 32.6. The van der Waals surface area contributed by atoms with E-state index in [-0.39, 0.29) is 17.8 Å². The first-order valence-corrected chi connectivity index (χ1v) is 14.3. The molecule has 0 amide bonds. The zero-order valence-electron chi connectivity index (χ0n) is 24.1. The van der Waals surface area contributed by atoms with Crippen molar-refractivity contribution in [1.82, 2.24) is 4.90 Å². The quantitative estimate of drug-likeness (QED) is 0.338. The number of hydrogen-bond donors (Lipinski definition) is 1. The number of nitrogens with zero attached hydrogens (tertiary/aromatic N) is 2. The van der Waals surface area contributed by atoms with E-state index in [1.165, 1.54) is 16.7 Å². The number of ether oxygens (including phenoxy) is 3. The maximum Gasteiger partial charge on any atom is 0.165 e. The van der Waals surface area contributed by atoms with Crippen molar-refractivity contribution in [1.29, 1.82) is 0 Å². The summed E-state index contributed by atoms with van der Waals surface area (Å²) in [6.45, 7) is 5.36. The van der Waals surface area contributed by atoms with E-state index >= 15 is 4.39 Å². The Morgan fingerprint density at radius 1 is 0.925 bits per heavy atom. The van der Waals surface area contributed by atoms with Crippen LogP contribution in [-0.2, 0) is 19.4 Å². The number of hydrogen-bond acceptors (Lipinski definition) is 6. The Labute approximate surface area is 237 Å². The molecular formula is C33H41FN2O4. The summed E-state index contributed by atoms with van der Waals surface area (Å²) in [6.07, 6.45) is 4.63. The van der Waals surface area contributed by atoms with Gasteiger partial charge in [0.15, 0.2) is 23.1 Å². The summed E-state index contributed by atoms with van der Waals surface area (Å²) in [4.78, 5) is 4.55. The summed E-state index contributed by atoms with van der Waals surface area (Å²) in [5.74, 6) is 2.00. The first-order chi connectivity index (χ1) is 19.4. The Bertz CT molecular complexity index is 1320. The Morgan fingerprint density at radius 3 is 2.38 bits per heavy atom. The van der Waals surface area contributed by atoms with Gasteiger partial charge >= 0.3 is 0 Å². The van der Waals surface area contributed by atoms with E-state index in [1.807, 2.05) is 18.2 Å². The molecule has 0 unspecified atom stereocenters. The second-order valence-corrected chi connectivity index (χ2v) is 11.1. The molecular weight excluding hydrogens is 507 g/mol. The summed E-state index contributed by atoms with van der Waals surface area (Å²) in [7, 11) is 5.42. The minimum absolute atomic E-state index is 0.0580. The van der Waals surface area contributed by atoms with Crippen LogP contribution in [0.4, 0.5) is 10.1 Å². The fourth-order valence-corrected chi connectivity index (χ4v) is 6.10. The molecule has 5 rings (SSSR count). The first kappa shape index (κ1) is 28.1. The lowest BCUT2D eigenvalue weighted by Crippen LogP contribution is -2.35. The van der Waals surface area contributed by atoms with Gasteiger partial charge in [0.05, 0.1) is 14.2 Å². The van der Waals surface area contributed by atoms with Gasteiger partial charge in [-0.1, -0.05) is 12.1 Å². The zero-order valence-corrected chi connectivity index (χ0v) is 24.1. The molecule has 7 heteroatoms. The van der Waals surface area contributed by atoms with E-state index in [2.05, 4.69) is 35.9 Å². The Morgan fingerprint density at radius 2 is 1.68 bits per heavy atom. The Hall–Kier alpha value is -3.45. The number of aromatic hydroxyl groups is 1. The van der Waals surface area contributed by atoms with Crippen molar-refractivity contribution < 1.29 is 23.7 Å². The van der Waals surface area contributed by atoms with Crippen LogP contribution >= 0.6 is 0 Å². The van der Waals surface area contributed by atoms with Gasteiger partial charge in [0.1, 0.15) is 11.9 Å². The van der Waals surface area contributed by atoms with Crippen LogP contribution in [0.2, 0.25) is 0 Å². The predicted molar refractivity (Wildman–Crippen MR) is 157 cm³/mol. The number of phenols is 1. The van der Waals surface area contributed by atoms with Crippen LogP contribution in [0.3, 0.4) is 0 Å². The lowest BCUT2D eigenvalue weighted by atomic mass is 9.79. The molecule has 2 aliphatic rings. The number of likely N-dealkylation sites (tertiary alicyclic amines) is 1. The van der Waals surface area contributed by atoms with E-state index in [4.69, 9.17) is 14.2 Å². The standard InChI is InChI=1S/C33H41FN2O4/c1-5-36(21-22-6-11-31(29(34)16-22)40-27-12-14-35(2)15-13-27)30-20-33(39-4)32(38-3)19-28(30)25-8-7-24-18-26(37)10-9-23(24)17-25/h6,9-11,16,18-20,25,27,37H,5,7-8,12-15,17,21H2,1-4H3/t25-/m1/s1. The highest BCUT2D eigenvalue weighted by molar-refractivity contribution is 5.64. The van der Waals surface area contributed by atoms with Crippen LogP contribution in [0.25, 0.3) is 0 Å². The molecule has 1 heterocycles. The fourth-order valence-electron chi connectivity index (χ4n) is 6.10. The minimum Gasteiger partial charge on any atom is -0.508 e. The molecule has 0 radical (unpaired) electrons. The fraction of sp³-hybridized carbons (Fsp3) is 0.455. The average Bonchev–Trinajstić information content (AvgIpc) is 2.97. The second kappa shape index (κ2) is 12.4. The average molecular weight is 549 g/mol. The Balaban J connectivity index is 1.40. The van der Waals surface area contributed by atoms with Gasteiger partial charge in [-0.25, -0.2) is 4.39 Å². The number of fused-ring (bicyclic) bond motifs is 1. The molecule has 3 aromatic carbocycles. The van der Waals surface area contributed by atoms with Crippen molar-refractivity contribution in [2.75, 3.05) is 45.8 Å². The van der Waals surface area contributed by atoms with E-state index in [0.29, 0.717) is 29.5 Å². The maximum atomic E-state index is 15.2. The summed E-state index contributed by atoms with van der Waals surface area (Å²) in [5.41, 5.74) is 5.63. The molecule has 6 nitrogen and oxygen atoms in total. The second-order valence-electron chi connectivity index (χ2n) is 11.1. The molecule has 1 aliphatic heterocycles. The summed E-state index contributed by atoms with van der Waals surface area (Å²) in [6, 6.07) is 15.2. The maximum absolute atomic E-state index is 15.2. The van der Waals surface area contributed by atoms with Gasteiger partial charge in [-0.05, 0) is 105 Å². The number of aryl methyl sites for hydroxylation is 1. The number of anilines is 1. The molecule has 0 aromatic heterocycles. The van der Waals surface area contributed by atoms with Crippen LogP contribution in [0, 0.1) is 5.82 Å². The van der Waals surface area contributed by atoms with Gasteiger partial charge in [-0.2, -0.15) is 0 Å². The SMILES string of the molecule is CCN(Cc1ccc(OC2CCN(C)CC2)c(F)c1)c1cc(OC)c(OC)cc1[C@@H]1CCc2cc(O)ccc2C1. The van der Waals surface area contributed by atoms with Gasteiger partial charge in [0.2, 0.25) is 0 Å². The van der Waals surface area contributed by atoms with E-state index in [9.17, 15) is 5.11 Å². The third-order valence-electron chi connectivity index (χ3n) is 8.44. The molecule has 3 aromatic rings. The molecule has 1 aliphatic carbocycles. The largest absolute Gasteiger partial charge is 0.508 e. The molecule has 0 spiro atoms. The van der Waals surface area contributed by atoms with Crippen LogP contribution in [0.15, 0.2) is 48.5 Å². The predicted octanol–water partition coefficient (Wildman–Crippen LogP) is 6.32. The topological polar surface area (TPSA) is 54.4 Å². The third kappa shape index (κ3) is 6.15. The first-order valence-electron chi connectivity index (χ1n) is 14.3. The van der Waals surface area contributed by atoms with Gasteiger partial charge in [-0.3, -0.25) is 0 Å². The van der Waals surface area contributed by atoms with Gasteiger partial charge in [0, 0.05) is 37.9 Å². The summed E-state index contributed by atoms with van der Waals surface area (Å²) >= 11 is 0. The number of rotatable bonds is 9. The van der Waals surface area contributed by atoms with Crippen molar-refractivity contribution >= 4 is 5.69 Å². The van der Waals surface area contributed by atoms with Crippen LogP contribution in [0.5, 0.6) is 23.0 Å². The lowest BCUT2D eigenvalue weighted by molar-refractivity contribution is 0.110. The van der Waals surface area contributed by atoms with E-state index < -0.39 is 0 Å². The molecule has 1 N–H and O–H groups in total. The number of piperidine rings is 1. The molecule has 214 valence electrons. The third-order valence-corrected chi connectivity index (χ3v) is 8.44. The van der Waals surface area contributed by atoms with Crippen molar-refractivity contribution in [2.24, 2.45) is 0 Å². The number of halogens is 1. The van der Waals surface area contributed by atoms with Gasteiger partial charge in [0.25, 0.3) is 0 Å². The molecule has 1 atom stereocenters.